The summed E-state index contributed by atoms with van der Waals surface area (Å²) in [5, 5.41) is 9.58. The Kier molecular flexibility index (Phi) is 10.2. The molecule has 10 nitrogen and oxygen atoms in total. The molecule has 0 amide bonds. The second-order valence-electron chi connectivity index (χ2n) is 8.06. The van der Waals surface area contributed by atoms with Gasteiger partial charge >= 0.3 is 24.1 Å². The molecule has 0 aliphatic rings. The number of phenolic OH excluding ortho intramolecular Hbond substituents is 1. The van der Waals surface area contributed by atoms with Gasteiger partial charge in [-0.1, -0.05) is 6.58 Å². The summed E-state index contributed by atoms with van der Waals surface area (Å²) in [6.07, 6.45) is 1.15. The highest BCUT2D eigenvalue weighted by Gasteiger charge is 2.13. The fourth-order valence-electron chi connectivity index (χ4n) is 3.06. The Bertz CT molecular complexity index is 1330. The molecule has 0 saturated heterocycles. The minimum atomic E-state index is -0.910. The predicted molar refractivity (Wildman–Crippen MR) is 138 cm³/mol. The number of hydrogen-bond acceptors (Lipinski definition) is 10. The van der Waals surface area contributed by atoms with Gasteiger partial charge in [0.1, 0.15) is 23.0 Å². The van der Waals surface area contributed by atoms with Gasteiger partial charge in [0, 0.05) is 6.08 Å². The predicted octanol–water partition coefficient (Wildman–Crippen LogP) is 5.16. The van der Waals surface area contributed by atoms with Crippen LogP contribution in [-0.2, 0) is 14.3 Å². The minimum absolute atomic E-state index is 0.0852. The zero-order valence-electron chi connectivity index (χ0n) is 21.1. The second kappa shape index (κ2) is 14.0. The van der Waals surface area contributed by atoms with Crippen molar-refractivity contribution >= 4 is 24.1 Å². The minimum Gasteiger partial charge on any atom is -0.508 e. The van der Waals surface area contributed by atoms with Crippen molar-refractivity contribution in [2.24, 2.45) is 0 Å². The van der Waals surface area contributed by atoms with E-state index < -0.39 is 24.1 Å². The van der Waals surface area contributed by atoms with Crippen LogP contribution in [0.5, 0.6) is 23.0 Å². The zero-order valence-corrected chi connectivity index (χ0v) is 21.1. The molecule has 0 aliphatic carbocycles. The normalized spacial score (nSPS) is 10.2. The highest BCUT2D eigenvalue weighted by Crippen LogP contribution is 2.23. The lowest BCUT2D eigenvalue weighted by Crippen LogP contribution is -2.13. The molecular formula is C29H26O10. The Morgan fingerprint density at radius 2 is 1.21 bits per heavy atom. The Hall–Kier alpha value is -5.12. The highest BCUT2D eigenvalue weighted by molar-refractivity contribution is 5.92. The fourth-order valence-corrected chi connectivity index (χ4v) is 3.06. The molecule has 0 fully saturated rings. The molecule has 0 bridgehead atoms. The molecule has 0 saturated carbocycles. The van der Waals surface area contributed by atoms with Crippen LogP contribution in [0.1, 0.15) is 39.1 Å². The Morgan fingerprint density at radius 1 is 0.718 bits per heavy atom. The molecule has 10 heteroatoms. The van der Waals surface area contributed by atoms with Gasteiger partial charge in [0.25, 0.3) is 0 Å². The van der Waals surface area contributed by atoms with E-state index in [-0.39, 0.29) is 47.3 Å². The van der Waals surface area contributed by atoms with E-state index in [1.807, 2.05) is 0 Å². The molecular weight excluding hydrogens is 508 g/mol. The summed E-state index contributed by atoms with van der Waals surface area (Å²) < 4.78 is 25.4. The van der Waals surface area contributed by atoms with Crippen LogP contribution >= 0.6 is 0 Å². The third-order valence-electron chi connectivity index (χ3n) is 5.14. The van der Waals surface area contributed by atoms with Crippen molar-refractivity contribution in [2.75, 3.05) is 13.2 Å². The van der Waals surface area contributed by atoms with Crippen molar-refractivity contribution in [1.29, 1.82) is 0 Å². The van der Waals surface area contributed by atoms with Gasteiger partial charge in [-0.15, -0.1) is 0 Å². The first kappa shape index (κ1) is 28.5. The third-order valence-corrected chi connectivity index (χ3v) is 5.14. The molecule has 0 radical (unpaired) electrons. The number of hydrogen-bond donors (Lipinski definition) is 1. The van der Waals surface area contributed by atoms with Gasteiger partial charge in [-0.3, -0.25) is 0 Å². The van der Waals surface area contributed by atoms with Crippen molar-refractivity contribution in [2.45, 2.75) is 19.8 Å². The zero-order chi connectivity index (χ0) is 28.2. The summed E-state index contributed by atoms with van der Waals surface area (Å²) >= 11 is 0. The van der Waals surface area contributed by atoms with Crippen LogP contribution in [0.15, 0.2) is 79.4 Å². The Labute approximate surface area is 224 Å². The standard InChI is InChI=1S/C29H26O10/c1-3-26(31)35-16-4-5-17-36-29(34)39-23-12-8-20(9-13-23)27(32)37-22-10-6-21(7-11-22)28(33)38-24-14-15-25(30)19(2)18-24/h3,6-15,18,30H,1,4-5,16-17H2,2H3. The number of ether oxygens (including phenoxy) is 5. The summed E-state index contributed by atoms with van der Waals surface area (Å²) in [5.41, 5.74) is 1.01. The number of aromatic hydroxyl groups is 1. The monoisotopic (exact) mass is 534 g/mol. The largest absolute Gasteiger partial charge is 0.513 e. The number of carbonyl (C=O) groups is 4. The van der Waals surface area contributed by atoms with E-state index in [0.717, 1.165) is 6.08 Å². The van der Waals surface area contributed by atoms with Crippen LogP contribution in [-0.4, -0.2) is 42.4 Å². The topological polar surface area (TPSA) is 135 Å². The number of carbonyl (C=O) groups excluding carboxylic acids is 4. The van der Waals surface area contributed by atoms with E-state index in [1.54, 1.807) is 6.92 Å². The average molecular weight is 535 g/mol. The summed E-state index contributed by atoms with van der Waals surface area (Å²) in [6, 6.07) is 15.9. The molecule has 0 heterocycles. The van der Waals surface area contributed by atoms with Crippen LogP contribution in [0.3, 0.4) is 0 Å². The molecule has 3 rings (SSSR count). The molecule has 3 aromatic rings. The van der Waals surface area contributed by atoms with Crippen molar-refractivity contribution in [1.82, 2.24) is 0 Å². The molecule has 0 aromatic heterocycles. The third kappa shape index (κ3) is 9.04. The van der Waals surface area contributed by atoms with Gasteiger partial charge in [0.2, 0.25) is 0 Å². The molecule has 0 aliphatic heterocycles. The molecule has 202 valence electrons. The number of esters is 3. The van der Waals surface area contributed by atoms with Crippen molar-refractivity contribution in [3.05, 3.63) is 96.1 Å². The summed E-state index contributed by atoms with van der Waals surface area (Å²) in [7, 11) is 0. The Morgan fingerprint density at radius 3 is 1.74 bits per heavy atom. The van der Waals surface area contributed by atoms with Crippen LogP contribution in [0.4, 0.5) is 4.79 Å². The first-order valence-electron chi connectivity index (χ1n) is 11.8. The Balaban J connectivity index is 1.43. The van der Waals surface area contributed by atoms with E-state index in [2.05, 4.69) is 6.58 Å². The molecule has 39 heavy (non-hydrogen) atoms. The van der Waals surface area contributed by atoms with E-state index in [1.165, 1.54) is 66.7 Å². The van der Waals surface area contributed by atoms with Gasteiger partial charge < -0.3 is 28.8 Å². The SMILES string of the molecule is C=CC(=O)OCCCCOC(=O)Oc1ccc(C(=O)Oc2ccc(C(=O)Oc3ccc(O)c(C)c3)cc2)cc1. The molecule has 1 N–H and O–H groups in total. The van der Waals surface area contributed by atoms with E-state index in [0.29, 0.717) is 18.4 Å². The first-order valence-corrected chi connectivity index (χ1v) is 11.8. The lowest BCUT2D eigenvalue weighted by molar-refractivity contribution is -0.137. The van der Waals surface area contributed by atoms with Crippen LogP contribution < -0.4 is 14.2 Å². The highest BCUT2D eigenvalue weighted by atomic mass is 16.7. The van der Waals surface area contributed by atoms with Crippen molar-refractivity contribution < 1.29 is 48.0 Å². The second-order valence-corrected chi connectivity index (χ2v) is 8.06. The fraction of sp³-hybridized carbons (Fsp3) is 0.172. The molecule has 0 atom stereocenters. The maximum atomic E-state index is 12.5. The maximum absolute atomic E-state index is 12.5. The maximum Gasteiger partial charge on any atom is 0.513 e. The van der Waals surface area contributed by atoms with Gasteiger partial charge in [0.05, 0.1) is 24.3 Å². The molecule has 0 spiro atoms. The van der Waals surface area contributed by atoms with Crippen molar-refractivity contribution in [3.8, 4) is 23.0 Å². The van der Waals surface area contributed by atoms with Gasteiger partial charge in [-0.05, 0) is 92.1 Å². The summed E-state index contributed by atoms with van der Waals surface area (Å²) in [5.74, 6) is -1.02. The van der Waals surface area contributed by atoms with Crippen LogP contribution in [0.25, 0.3) is 0 Å². The summed E-state index contributed by atoms with van der Waals surface area (Å²) in [6.45, 7) is 5.25. The van der Waals surface area contributed by atoms with Gasteiger partial charge in [-0.25, -0.2) is 19.2 Å². The number of rotatable bonds is 11. The number of unbranched alkanes of at least 4 members (excludes halogenated alkanes) is 1. The van der Waals surface area contributed by atoms with Crippen LogP contribution in [0.2, 0.25) is 0 Å². The van der Waals surface area contributed by atoms with E-state index in [9.17, 15) is 24.3 Å². The van der Waals surface area contributed by atoms with Crippen molar-refractivity contribution in [3.63, 3.8) is 0 Å². The van der Waals surface area contributed by atoms with Crippen LogP contribution in [0, 0.1) is 6.92 Å². The number of phenols is 1. The first-order chi connectivity index (χ1) is 18.7. The smallest absolute Gasteiger partial charge is 0.508 e. The van der Waals surface area contributed by atoms with E-state index in [4.69, 9.17) is 23.7 Å². The molecule has 0 unspecified atom stereocenters. The van der Waals surface area contributed by atoms with Gasteiger partial charge in [-0.2, -0.15) is 0 Å². The average Bonchev–Trinajstić information content (AvgIpc) is 2.93. The number of aryl methyl sites for hydroxylation is 1. The molecule has 3 aromatic carbocycles. The lowest BCUT2D eigenvalue weighted by atomic mass is 10.2. The van der Waals surface area contributed by atoms with Gasteiger partial charge in [0.15, 0.2) is 0 Å². The quantitative estimate of drug-likeness (QED) is 0.115. The number of benzene rings is 3. The lowest BCUT2D eigenvalue weighted by Gasteiger charge is -2.08. The summed E-state index contributed by atoms with van der Waals surface area (Å²) in [4.78, 5) is 47.5. The van der Waals surface area contributed by atoms with E-state index >= 15 is 0 Å².